The third kappa shape index (κ3) is 2.73. The van der Waals surface area contributed by atoms with Crippen LogP contribution >= 0.6 is 0 Å². The van der Waals surface area contributed by atoms with Crippen molar-refractivity contribution in [2.75, 3.05) is 7.11 Å². The first-order valence-electron chi connectivity index (χ1n) is 7.12. The van der Waals surface area contributed by atoms with Crippen LogP contribution in [0.1, 0.15) is 38.5 Å². The third-order valence-electron chi connectivity index (χ3n) is 3.96. The fourth-order valence-electron chi connectivity index (χ4n) is 2.86. The maximum atomic E-state index is 6.46. The molecule has 1 aliphatic carbocycles. The highest BCUT2D eigenvalue weighted by Crippen LogP contribution is 2.37. The van der Waals surface area contributed by atoms with Crippen LogP contribution < -0.4 is 10.5 Å². The Labute approximate surface area is 122 Å². The van der Waals surface area contributed by atoms with Crippen molar-refractivity contribution >= 4 is 0 Å². The van der Waals surface area contributed by atoms with E-state index in [1.807, 2.05) is 0 Å². The molecule has 0 saturated heterocycles. The molecule has 21 heavy (non-hydrogen) atoms. The number of hydrogen-bond acceptors (Lipinski definition) is 7. The van der Waals surface area contributed by atoms with E-state index >= 15 is 0 Å². The molecule has 2 unspecified atom stereocenters. The van der Waals surface area contributed by atoms with Gasteiger partial charge in [0.25, 0.3) is 0 Å². The van der Waals surface area contributed by atoms with Crippen LogP contribution in [0.5, 0.6) is 5.88 Å². The fourth-order valence-corrected chi connectivity index (χ4v) is 2.86. The third-order valence-corrected chi connectivity index (χ3v) is 3.96. The SMILES string of the molecule is COc1ccc(-c2noc(C3(N)CCCC(C)C3)n2)nn1. The molecule has 1 aliphatic rings. The van der Waals surface area contributed by atoms with E-state index in [1.165, 1.54) is 6.42 Å². The van der Waals surface area contributed by atoms with E-state index in [4.69, 9.17) is 15.0 Å². The van der Waals surface area contributed by atoms with Gasteiger partial charge in [-0.25, -0.2) is 0 Å². The summed E-state index contributed by atoms with van der Waals surface area (Å²) >= 11 is 0. The normalized spacial score (nSPS) is 25.8. The molecule has 2 N–H and O–H groups in total. The summed E-state index contributed by atoms with van der Waals surface area (Å²) in [7, 11) is 1.54. The van der Waals surface area contributed by atoms with E-state index in [1.54, 1.807) is 19.2 Å². The standard InChI is InChI=1S/C14H19N5O2/c1-9-4-3-7-14(15,8-9)13-16-12(19-21-13)10-5-6-11(20-2)18-17-10/h5-6,9H,3-4,7-8,15H2,1-2H3. The lowest BCUT2D eigenvalue weighted by atomic mass is 9.77. The van der Waals surface area contributed by atoms with Crippen molar-refractivity contribution in [2.24, 2.45) is 11.7 Å². The summed E-state index contributed by atoms with van der Waals surface area (Å²) in [6, 6.07) is 3.45. The molecule has 112 valence electrons. The second-order valence-electron chi connectivity index (χ2n) is 5.74. The predicted octanol–water partition coefficient (Wildman–Crippen LogP) is 1.90. The Balaban J connectivity index is 1.85. The minimum atomic E-state index is -0.525. The highest BCUT2D eigenvalue weighted by atomic mass is 16.5. The lowest BCUT2D eigenvalue weighted by Gasteiger charge is -2.33. The maximum Gasteiger partial charge on any atom is 0.247 e. The maximum absolute atomic E-state index is 6.46. The first-order valence-corrected chi connectivity index (χ1v) is 7.12. The number of aromatic nitrogens is 4. The van der Waals surface area contributed by atoms with Crippen molar-refractivity contribution in [1.29, 1.82) is 0 Å². The Hall–Kier alpha value is -2.02. The Morgan fingerprint density at radius 3 is 2.90 bits per heavy atom. The van der Waals surface area contributed by atoms with E-state index < -0.39 is 5.54 Å². The van der Waals surface area contributed by atoms with Gasteiger partial charge in [0.2, 0.25) is 17.6 Å². The molecule has 2 heterocycles. The molecule has 7 heteroatoms. The summed E-state index contributed by atoms with van der Waals surface area (Å²) in [5, 5.41) is 11.9. The van der Waals surface area contributed by atoms with Gasteiger partial charge in [0.1, 0.15) is 5.69 Å². The van der Waals surface area contributed by atoms with Crippen LogP contribution in [-0.2, 0) is 5.54 Å². The molecule has 3 rings (SSSR count). The van der Waals surface area contributed by atoms with E-state index in [0.717, 1.165) is 19.3 Å². The monoisotopic (exact) mass is 289 g/mol. The summed E-state index contributed by atoms with van der Waals surface area (Å²) in [6.07, 6.45) is 4.01. The van der Waals surface area contributed by atoms with Gasteiger partial charge in [0.05, 0.1) is 12.6 Å². The zero-order valence-corrected chi connectivity index (χ0v) is 12.2. The predicted molar refractivity (Wildman–Crippen MR) is 75.4 cm³/mol. The second kappa shape index (κ2) is 5.40. The first kappa shape index (κ1) is 13.9. The Morgan fingerprint density at radius 1 is 1.38 bits per heavy atom. The summed E-state index contributed by atoms with van der Waals surface area (Å²) in [4.78, 5) is 4.42. The molecule has 0 bridgehead atoms. The van der Waals surface area contributed by atoms with Gasteiger partial charge >= 0.3 is 0 Å². The van der Waals surface area contributed by atoms with Gasteiger partial charge in [0, 0.05) is 6.07 Å². The van der Waals surface area contributed by atoms with Crippen molar-refractivity contribution < 1.29 is 9.26 Å². The van der Waals surface area contributed by atoms with Crippen molar-refractivity contribution in [3.8, 4) is 17.4 Å². The first-order chi connectivity index (χ1) is 10.1. The Bertz CT molecular complexity index is 612. The highest BCUT2D eigenvalue weighted by Gasteiger charge is 2.38. The van der Waals surface area contributed by atoms with Gasteiger partial charge in [-0.1, -0.05) is 24.9 Å². The molecular weight excluding hydrogens is 270 g/mol. The lowest BCUT2D eigenvalue weighted by Crippen LogP contribution is -2.41. The molecule has 1 fully saturated rings. The smallest absolute Gasteiger partial charge is 0.247 e. The number of hydrogen-bond donors (Lipinski definition) is 1. The van der Waals surface area contributed by atoms with Crippen LogP contribution in [0, 0.1) is 5.92 Å². The molecule has 0 radical (unpaired) electrons. The summed E-state index contributed by atoms with van der Waals surface area (Å²) in [5.74, 6) is 1.91. The quantitative estimate of drug-likeness (QED) is 0.920. The summed E-state index contributed by atoms with van der Waals surface area (Å²) < 4.78 is 10.4. The summed E-state index contributed by atoms with van der Waals surface area (Å²) in [6.45, 7) is 2.20. The largest absolute Gasteiger partial charge is 0.480 e. The molecule has 0 amide bonds. The zero-order valence-electron chi connectivity index (χ0n) is 12.2. The van der Waals surface area contributed by atoms with Crippen molar-refractivity contribution in [3.05, 3.63) is 18.0 Å². The molecule has 2 atom stereocenters. The van der Waals surface area contributed by atoms with Crippen LogP contribution in [0.3, 0.4) is 0 Å². The molecule has 0 spiro atoms. The molecule has 7 nitrogen and oxygen atoms in total. The van der Waals surface area contributed by atoms with Gasteiger partial charge < -0.3 is 15.0 Å². The topological polar surface area (TPSA) is 100.0 Å². The molecule has 0 aliphatic heterocycles. The number of rotatable bonds is 3. The van der Waals surface area contributed by atoms with Gasteiger partial charge in [-0.2, -0.15) is 4.98 Å². The highest BCUT2D eigenvalue weighted by molar-refractivity contribution is 5.47. The van der Waals surface area contributed by atoms with Crippen molar-refractivity contribution in [3.63, 3.8) is 0 Å². The second-order valence-corrected chi connectivity index (χ2v) is 5.74. The van der Waals surface area contributed by atoms with Gasteiger partial charge in [0.15, 0.2) is 0 Å². The van der Waals surface area contributed by atoms with Crippen molar-refractivity contribution in [1.82, 2.24) is 20.3 Å². The minimum absolute atomic E-state index is 0.406. The molecule has 2 aromatic rings. The Morgan fingerprint density at radius 2 is 2.24 bits per heavy atom. The van der Waals surface area contributed by atoms with E-state index in [2.05, 4.69) is 27.3 Å². The van der Waals surface area contributed by atoms with Gasteiger partial charge in [-0.05, 0) is 24.8 Å². The molecule has 1 saturated carbocycles. The van der Waals surface area contributed by atoms with E-state index in [0.29, 0.717) is 29.2 Å². The van der Waals surface area contributed by atoms with Crippen molar-refractivity contribution in [2.45, 2.75) is 38.1 Å². The zero-order chi connectivity index (χ0) is 14.9. The number of nitrogens with zero attached hydrogens (tertiary/aromatic N) is 4. The number of methoxy groups -OCH3 is 1. The van der Waals surface area contributed by atoms with Crippen LogP contribution in [0.4, 0.5) is 0 Å². The molecular formula is C14H19N5O2. The van der Waals surface area contributed by atoms with Gasteiger partial charge in [-0.3, -0.25) is 0 Å². The Kier molecular flexibility index (Phi) is 3.59. The fraction of sp³-hybridized carbons (Fsp3) is 0.571. The lowest BCUT2D eigenvalue weighted by molar-refractivity contribution is 0.183. The average Bonchev–Trinajstić information content (AvgIpc) is 2.98. The van der Waals surface area contributed by atoms with E-state index in [9.17, 15) is 0 Å². The molecule has 0 aromatic carbocycles. The van der Waals surface area contributed by atoms with Gasteiger partial charge in [-0.15, -0.1) is 10.2 Å². The average molecular weight is 289 g/mol. The number of ether oxygens (including phenoxy) is 1. The minimum Gasteiger partial charge on any atom is -0.480 e. The van der Waals surface area contributed by atoms with Crippen LogP contribution in [0.25, 0.3) is 11.5 Å². The van der Waals surface area contributed by atoms with E-state index in [-0.39, 0.29) is 0 Å². The van der Waals surface area contributed by atoms with Crippen LogP contribution in [0.15, 0.2) is 16.7 Å². The van der Waals surface area contributed by atoms with Crippen LogP contribution in [0.2, 0.25) is 0 Å². The number of nitrogens with two attached hydrogens (primary N) is 1. The molecule has 2 aromatic heterocycles. The van der Waals surface area contributed by atoms with Crippen LogP contribution in [-0.4, -0.2) is 27.4 Å². The summed E-state index contributed by atoms with van der Waals surface area (Å²) in [5.41, 5.74) is 6.47.